The summed E-state index contributed by atoms with van der Waals surface area (Å²) in [6, 6.07) is 1.57. The molecule has 0 N–H and O–H groups in total. The monoisotopic (exact) mass is 260 g/mol. The maximum absolute atomic E-state index is 12.5. The van der Waals surface area contributed by atoms with E-state index in [0.29, 0.717) is 0 Å². The quantitative estimate of drug-likeness (QED) is 0.782. The normalized spacial score (nSPS) is 10.1. The molecule has 17 heavy (non-hydrogen) atoms. The molecular weight excluding hydrogens is 254 g/mol. The van der Waals surface area contributed by atoms with Gasteiger partial charge in [0.25, 0.3) is 6.43 Å². The van der Waals surface area contributed by atoms with Crippen molar-refractivity contribution in [2.24, 2.45) is 0 Å². The minimum atomic E-state index is -2.85. The van der Waals surface area contributed by atoms with Crippen LogP contribution < -0.4 is 0 Å². The topological polar surface area (TPSA) is 63.0 Å². The van der Waals surface area contributed by atoms with Crippen LogP contribution in [0.3, 0.4) is 0 Å². The van der Waals surface area contributed by atoms with Gasteiger partial charge in [-0.2, -0.15) is 5.26 Å². The number of nitrogens with zero attached hydrogens (tertiary/aromatic N) is 2. The van der Waals surface area contributed by atoms with E-state index in [1.807, 2.05) is 0 Å². The van der Waals surface area contributed by atoms with E-state index < -0.39 is 18.0 Å². The molecule has 0 atom stereocenters. The molecular formula is C10H7ClF2N2O2. The van der Waals surface area contributed by atoms with Crippen LogP contribution in [0.25, 0.3) is 0 Å². The highest BCUT2D eigenvalue weighted by atomic mass is 35.5. The summed E-state index contributed by atoms with van der Waals surface area (Å²) >= 11 is 5.73. The molecule has 7 heteroatoms. The van der Waals surface area contributed by atoms with Crippen molar-refractivity contribution in [2.75, 3.05) is 7.11 Å². The zero-order valence-corrected chi connectivity index (χ0v) is 9.46. The summed E-state index contributed by atoms with van der Waals surface area (Å²) < 4.78 is 29.4. The van der Waals surface area contributed by atoms with E-state index in [1.54, 1.807) is 6.07 Å². The van der Waals surface area contributed by atoms with Crippen LogP contribution in [0.5, 0.6) is 0 Å². The van der Waals surface area contributed by atoms with E-state index in [1.165, 1.54) is 7.11 Å². The molecule has 1 aromatic heterocycles. The molecule has 0 bridgehead atoms. The van der Waals surface area contributed by atoms with Crippen LogP contribution >= 0.6 is 11.6 Å². The minimum absolute atomic E-state index is 0.0412. The molecule has 0 aliphatic heterocycles. The molecule has 4 nitrogen and oxygen atoms in total. The Morgan fingerprint density at radius 3 is 2.82 bits per heavy atom. The van der Waals surface area contributed by atoms with Gasteiger partial charge < -0.3 is 4.74 Å². The highest BCUT2D eigenvalue weighted by Crippen LogP contribution is 2.29. The molecule has 0 aliphatic carbocycles. The average molecular weight is 261 g/mol. The smallest absolute Gasteiger partial charge is 0.311 e. The highest BCUT2D eigenvalue weighted by molar-refractivity contribution is 6.32. The number of alkyl halides is 2. The number of rotatable bonds is 3. The summed E-state index contributed by atoms with van der Waals surface area (Å²) in [5.41, 5.74) is -0.874. The number of nitriles is 1. The molecule has 0 aromatic carbocycles. The number of methoxy groups -OCH3 is 1. The second-order valence-electron chi connectivity index (χ2n) is 3.01. The van der Waals surface area contributed by atoms with Crippen molar-refractivity contribution in [1.82, 2.24) is 4.98 Å². The number of halogens is 3. The number of hydrogen-bond donors (Lipinski definition) is 0. The third-order valence-corrected chi connectivity index (χ3v) is 2.41. The molecule has 0 radical (unpaired) electrons. The first-order valence-corrected chi connectivity index (χ1v) is 4.81. The summed E-state index contributed by atoms with van der Waals surface area (Å²) in [5, 5.41) is 8.51. The fourth-order valence-electron chi connectivity index (χ4n) is 1.15. The lowest BCUT2D eigenvalue weighted by Gasteiger charge is -2.07. The van der Waals surface area contributed by atoms with Gasteiger partial charge in [0.1, 0.15) is 6.07 Å². The lowest BCUT2D eigenvalue weighted by atomic mass is 10.1. The number of carbonyl (C=O) groups excluding carboxylic acids is 1. The van der Waals surface area contributed by atoms with E-state index in [9.17, 15) is 13.6 Å². The zero-order valence-electron chi connectivity index (χ0n) is 8.71. The molecule has 0 spiro atoms. The summed E-state index contributed by atoms with van der Waals surface area (Å²) in [6.07, 6.45) is -2.28. The second kappa shape index (κ2) is 5.55. The predicted octanol–water partition coefficient (Wildman–Crippen LogP) is 2.26. The number of esters is 1. The van der Waals surface area contributed by atoms with Crippen molar-refractivity contribution < 1.29 is 18.3 Å². The maximum atomic E-state index is 12.5. The number of aromatic nitrogens is 1. The molecule has 1 rings (SSSR count). The number of hydrogen-bond acceptors (Lipinski definition) is 4. The Morgan fingerprint density at radius 2 is 2.35 bits per heavy atom. The first-order chi connectivity index (χ1) is 8.01. The molecule has 0 saturated carbocycles. The molecule has 0 amide bonds. The molecule has 90 valence electrons. The van der Waals surface area contributed by atoms with Gasteiger partial charge in [0.15, 0.2) is 0 Å². The van der Waals surface area contributed by atoms with Crippen LogP contribution in [0.15, 0.2) is 6.20 Å². The minimum Gasteiger partial charge on any atom is -0.469 e. The van der Waals surface area contributed by atoms with Crippen LogP contribution in [-0.4, -0.2) is 18.1 Å². The molecule has 1 aromatic rings. The third-order valence-electron chi connectivity index (χ3n) is 2.01. The van der Waals surface area contributed by atoms with Gasteiger partial charge in [-0.3, -0.25) is 9.78 Å². The van der Waals surface area contributed by atoms with E-state index in [-0.39, 0.29) is 22.7 Å². The highest BCUT2D eigenvalue weighted by Gasteiger charge is 2.20. The van der Waals surface area contributed by atoms with Gasteiger partial charge in [0.2, 0.25) is 0 Å². The zero-order chi connectivity index (χ0) is 13.0. The van der Waals surface area contributed by atoms with Crippen LogP contribution in [0.2, 0.25) is 5.02 Å². The summed E-state index contributed by atoms with van der Waals surface area (Å²) in [7, 11) is 1.18. The predicted molar refractivity (Wildman–Crippen MR) is 54.6 cm³/mol. The number of pyridine rings is 1. The Balaban J connectivity index is 3.21. The summed E-state index contributed by atoms with van der Waals surface area (Å²) in [4.78, 5) is 14.6. The van der Waals surface area contributed by atoms with Crippen LogP contribution in [0.1, 0.15) is 23.2 Å². The van der Waals surface area contributed by atoms with E-state index in [0.717, 1.165) is 6.20 Å². The van der Waals surface area contributed by atoms with Crippen LogP contribution in [-0.2, 0) is 16.0 Å². The first kappa shape index (κ1) is 13.3. The Bertz CT molecular complexity index is 486. The van der Waals surface area contributed by atoms with Crippen molar-refractivity contribution in [3.8, 4) is 6.07 Å². The van der Waals surface area contributed by atoms with Crippen molar-refractivity contribution in [1.29, 1.82) is 5.26 Å². The Labute approximate surface area is 101 Å². The van der Waals surface area contributed by atoms with Gasteiger partial charge in [-0.1, -0.05) is 11.6 Å². The lowest BCUT2D eigenvalue weighted by Crippen LogP contribution is -2.08. The molecule has 0 aliphatic rings. The Hall–Kier alpha value is -1.74. The maximum Gasteiger partial charge on any atom is 0.311 e. The average Bonchev–Trinajstić information content (AvgIpc) is 2.30. The van der Waals surface area contributed by atoms with Gasteiger partial charge in [-0.15, -0.1) is 0 Å². The summed E-state index contributed by atoms with van der Waals surface area (Å²) in [6.45, 7) is 0. The van der Waals surface area contributed by atoms with Gasteiger partial charge in [0, 0.05) is 6.20 Å². The molecule has 1 heterocycles. The van der Waals surface area contributed by atoms with E-state index in [4.69, 9.17) is 16.9 Å². The number of carbonyl (C=O) groups is 1. The largest absolute Gasteiger partial charge is 0.469 e. The van der Waals surface area contributed by atoms with Gasteiger partial charge >= 0.3 is 5.97 Å². The molecule has 0 fully saturated rings. The number of ether oxygens (including phenoxy) is 1. The standard InChI is InChI=1S/C10H7ClF2N2O2/c1-17-8(16)2-7-9(11)5(3-14)6(4-15-7)10(12)13/h4,10H,2H2,1H3. The fourth-order valence-corrected chi connectivity index (χ4v) is 1.42. The third kappa shape index (κ3) is 2.88. The molecule has 0 unspecified atom stereocenters. The summed E-state index contributed by atoms with van der Waals surface area (Å²) in [5.74, 6) is -0.618. The molecule has 0 saturated heterocycles. The van der Waals surface area contributed by atoms with E-state index in [2.05, 4.69) is 9.72 Å². The SMILES string of the molecule is COC(=O)Cc1ncc(C(F)F)c(C#N)c1Cl. The van der Waals surface area contributed by atoms with Crippen molar-refractivity contribution in [3.05, 3.63) is 28.0 Å². The van der Waals surface area contributed by atoms with Crippen LogP contribution in [0.4, 0.5) is 8.78 Å². The Morgan fingerprint density at radius 1 is 1.71 bits per heavy atom. The van der Waals surface area contributed by atoms with Gasteiger partial charge in [0.05, 0.1) is 35.4 Å². The fraction of sp³-hybridized carbons (Fsp3) is 0.300. The lowest BCUT2D eigenvalue weighted by molar-refractivity contribution is -0.139. The van der Waals surface area contributed by atoms with Crippen molar-refractivity contribution in [3.63, 3.8) is 0 Å². The van der Waals surface area contributed by atoms with Gasteiger partial charge in [-0.25, -0.2) is 8.78 Å². The van der Waals surface area contributed by atoms with Crippen LogP contribution in [0, 0.1) is 11.3 Å². The second-order valence-corrected chi connectivity index (χ2v) is 3.39. The first-order valence-electron chi connectivity index (χ1n) is 4.43. The Kier molecular flexibility index (Phi) is 4.35. The van der Waals surface area contributed by atoms with Crippen molar-refractivity contribution >= 4 is 17.6 Å². The van der Waals surface area contributed by atoms with Crippen molar-refractivity contribution in [2.45, 2.75) is 12.8 Å². The van der Waals surface area contributed by atoms with Gasteiger partial charge in [-0.05, 0) is 0 Å². The van der Waals surface area contributed by atoms with E-state index >= 15 is 0 Å².